The molecule has 8 nitrogen and oxygen atoms in total. The van der Waals surface area contributed by atoms with E-state index in [1.807, 2.05) is 0 Å². The molecule has 0 aliphatic heterocycles. The molecule has 11 heteroatoms. The van der Waals surface area contributed by atoms with Crippen LogP contribution in [0.1, 0.15) is 26.3 Å². The number of carbonyl (C=O) groups is 1. The number of esters is 1. The molecule has 0 saturated carbocycles. The predicted molar refractivity (Wildman–Crippen MR) is 70.1 cm³/mol. The molecule has 0 aromatic heterocycles. The summed E-state index contributed by atoms with van der Waals surface area (Å²) >= 11 is 0. The van der Waals surface area contributed by atoms with Crippen LogP contribution >= 0.6 is 0 Å². The van der Waals surface area contributed by atoms with Crippen molar-refractivity contribution in [3.8, 4) is 5.75 Å². The quantitative estimate of drug-likeness (QED) is 0.362. The van der Waals surface area contributed by atoms with E-state index in [1.165, 1.54) is 20.8 Å². The van der Waals surface area contributed by atoms with Crippen molar-refractivity contribution in [2.24, 2.45) is 0 Å². The smallest absolute Gasteiger partial charge is 0.412 e. The molecule has 0 radical (unpaired) electrons. The summed E-state index contributed by atoms with van der Waals surface area (Å²) in [6, 6.07) is 1.28. The lowest BCUT2D eigenvalue weighted by atomic mass is 9.85. The van der Waals surface area contributed by atoms with Crippen molar-refractivity contribution in [1.82, 2.24) is 0 Å². The molecule has 1 aromatic carbocycles. The van der Waals surface area contributed by atoms with Crippen LogP contribution in [0.25, 0.3) is 0 Å². The lowest BCUT2D eigenvalue weighted by molar-refractivity contribution is -0.394. The fraction of sp³-hybridized carbons (Fsp3) is 0.417. The molecule has 0 fully saturated rings. The largest absolute Gasteiger partial charge is 0.491 e. The lowest BCUT2D eigenvalue weighted by Gasteiger charge is -2.22. The Kier molecular flexibility index (Phi) is 4.64. The third-order valence-corrected chi connectivity index (χ3v) is 2.70. The molecule has 1 aromatic rings. The van der Waals surface area contributed by atoms with Gasteiger partial charge in [-0.25, -0.2) is 4.79 Å². The number of hydrogen-bond acceptors (Lipinski definition) is 6. The van der Waals surface area contributed by atoms with Gasteiger partial charge in [0.25, 0.3) is 5.69 Å². The molecule has 23 heavy (non-hydrogen) atoms. The number of nitrogens with zero attached hydrogens (tertiary/aromatic N) is 2. The van der Waals surface area contributed by atoms with Crippen LogP contribution in [0.2, 0.25) is 0 Å². The number of benzene rings is 1. The van der Waals surface area contributed by atoms with Crippen LogP contribution in [-0.4, -0.2) is 22.0 Å². The second kappa shape index (κ2) is 5.82. The highest BCUT2D eigenvalue weighted by molar-refractivity contribution is 5.80. The average molecular weight is 336 g/mol. The summed E-state index contributed by atoms with van der Waals surface area (Å²) in [5, 5.41) is 21.9. The van der Waals surface area contributed by atoms with Crippen LogP contribution in [0.15, 0.2) is 12.1 Å². The van der Waals surface area contributed by atoms with Gasteiger partial charge in [0, 0.05) is 11.6 Å². The number of nitro benzene ring substituents is 2. The Balaban J connectivity index is 3.67. The van der Waals surface area contributed by atoms with Crippen molar-refractivity contribution < 1.29 is 32.5 Å². The zero-order chi connectivity index (χ0) is 18.2. The highest BCUT2D eigenvalue weighted by atomic mass is 19.4. The third-order valence-electron chi connectivity index (χ3n) is 2.70. The first-order valence-electron chi connectivity index (χ1n) is 6.01. The number of ether oxygens (including phenoxy) is 1. The first-order valence-corrected chi connectivity index (χ1v) is 6.01. The molecule has 0 aliphatic carbocycles. The summed E-state index contributed by atoms with van der Waals surface area (Å²) in [6.07, 6.45) is -5.37. The van der Waals surface area contributed by atoms with Gasteiger partial charge in [-0.15, -0.1) is 0 Å². The van der Waals surface area contributed by atoms with Crippen molar-refractivity contribution in [2.45, 2.75) is 32.4 Å². The number of non-ortho nitro benzene ring substituents is 1. The minimum absolute atomic E-state index is 0.268. The molecular weight excluding hydrogens is 325 g/mol. The van der Waals surface area contributed by atoms with E-state index in [1.54, 1.807) is 0 Å². The van der Waals surface area contributed by atoms with Gasteiger partial charge in [0.2, 0.25) is 5.75 Å². The second-order valence-electron chi connectivity index (χ2n) is 5.49. The van der Waals surface area contributed by atoms with Crippen LogP contribution in [0.4, 0.5) is 24.5 Å². The highest BCUT2D eigenvalue weighted by Crippen LogP contribution is 2.42. The van der Waals surface area contributed by atoms with Gasteiger partial charge in [0.1, 0.15) is 0 Å². The summed E-state index contributed by atoms with van der Waals surface area (Å²) < 4.78 is 41.2. The maximum absolute atomic E-state index is 12.4. The van der Waals surface area contributed by atoms with Crippen LogP contribution < -0.4 is 4.74 Å². The monoisotopic (exact) mass is 336 g/mol. The Hall–Kier alpha value is -2.72. The number of carbonyl (C=O) groups excluding carboxylic acids is 1. The van der Waals surface area contributed by atoms with Crippen LogP contribution in [0.5, 0.6) is 5.75 Å². The number of halogens is 3. The topological polar surface area (TPSA) is 113 Å². The molecule has 0 amide bonds. The standard InChI is InChI=1S/C12H11F3N2O6/c1-11(2,3)7-4-6(16(19)20)5-8(17(21)22)9(7)23-10(18)12(13,14)15/h4-5H,1-3H3. The maximum Gasteiger partial charge on any atom is 0.491 e. The van der Waals surface area contributed by atoms with Gasteiger partial charge < -0.3 is 4.74 Å². The molecule has 0 spiro atoms. The number of hydrogen-bond donors (Lipinski definition) is 0. The van der Waals surface area contributed by atoms with E-state index in [0.29, 0.717) is 6.07 Å². The predicted octanol–water partition coefficient (Wildman–Crippen LogP) is 3.27. The summed E-state index contributed by atoms with van der Waals surface area (Å²) in [5.74, 6) is -3.62. The Morgan fingerprint density at radius 1 is 1.09 bits per heavy atom. The van der Waals surface area contributed by atoms with Gasteiger partial charge in [-0.2, -0.15) is 13.2 Å². The molecule has 0 saturated heterocycles. The van der Waals surface area contributed by atoms with Crippen molar-refractivity contribution in [3.63, 3.8) is 0 Å². The van der Waals surface area contributed by atoms with E-state index in [2.05, 4.69) is 4.74 Å². The van der Waals surface area contributed by atoms with Crippen LogP contribution in [0.3, 0.4) is 0 Å². The molecule has 0 atom stereocenters. The van der Waals surface area contributed by atoms with Gasteiger partial charge in [-0.3, -0.25) is 20.2 Å². The number of nitro groups is 2. The van der Waals surface area contributed by atoms with Gasteiger partial charge >= 0.3 is 17.8 Å². The van der Waals surface area contributed by atoms with Crippen LogP contribution in [0, 0.1) is 20.2 Å². The van der Waals surface area contributed by atoms with E-state index in [0.717, 1.165) is 6.07 Å². The van der Waals surface area contributed by atoms with Gasteiger partial charge in [-0.05, 0) is 5.41 Å². The fourth-order valence-corrected chi connectivity index (χ4v) is 1.65. The second-order valence-corrected chi connectivity index (χ2v) is 5.49. The molecular formula is C12H11F3N2O6. The molecule has 0 heterocycles. The normalized spacial score (nSPS) is 11.9. The first kappa shape index (κ1) is 18.3. The summed E-state index contributed by atoms with van der Waals surface area (Å²) in [5.41, 5.74) is -3.12. The number of rotatable bonds is 3. The first-order chi connectivity index (χ1) is 10.2. The van der Waals surface area contributed by atoms with E-state index < -0.39 is 44.5 Å². The number of alkyl halides is 3. The SMILES string of the molecule is CC(C)(C)c1cc([N+](=O)[O-])cc([N+](=O)[O-])c1OC(=O)C(F)(F)F. The van der Waals surface area contributed by atoms with Gasteiger partial charge in [0.05, 0.1) is 15.9 Å². The molecule has 0 N–H and O–H groups in total. The zero-order valence-corrected chi connectivity index (χ0v) is 12.1. The zero-order valence-electron chi connectivity index (χ0n) is 12.1. The van der Waals surface area contributed by atoms with E-state index in [4.69, 9.17) is 0 Å². The van der Waals surface area contributed by atoms with E-state index in [-0.39, 0.29) is 5.56 Å². The fourth-order valence-electron chi connectivity index (χ4n) is 1.65. The third kappa shape index (κ3) is 4.14. The maximum atomic E-state index is 12.4. The molecule has 0 unspecified atom stereocenters. The molecule has 0 aliphatic rings. The van der Waals surface area contributed by atoms with Crippen molar-refractivity contribution in [2.75, 3.05) is 0 Å². The molecule has 0 bridgehead atoms. The van der Waals surface area contributed by atoms with Crippen molar-refractivity contribution in [1.29, 1.82) is 0 Å². The molecule has 1 rings (SSSR count). The van der Waals surface area contributed by atoms with Crippen molar-refractivity contribution in [3.05, 3.63) is 37.9 Å². The van der Waals surface area contributed by atoms with E-state index in [9.17, 15) is 38.2 Å². The Bertz CT molecular complexity index is 679. The van der Waals surface area contributed by atoms with Gasteiger partial charge in [0.15, 0.2) is 0 Å². The van der Waals surface area contributed by atoms with Crippen LogP contribution in [-0.2, 0) is 10.2 Å². The molecule has 126 valence electrons. The minimum Gasteiger partial charge on any atom is -0.412 e. The highest BCUT2D eigenvalue weighted by Gasteiger charge is 2.44. The average Bonchev–Trinajstić information content (AvgIpc) is 2.35. The Morgan fingerprint density at radius 2 is 1.61 bits per heavy atom. The lowest BCUT2D eigenvalue weighted by Crippen LogP contribution is -2.29. The summed E-state index contributed by atoms with van der Waals surface area (Å²) in [4.78, 5) is 30.8. The van der Waals surface area contributed by atoms with Gasteiger partial charge in [-0.1, -0.05) is 20.8 Å². The van der Waals surface area contributed by atoms with Crippen molar-refractivity contribution >= 4 is 17.3 Å². The Morgan fingerprint density at radius 3 is 1.96 bits per heavy atom. The summed E-state index contributed by atoms with van der Waals surface area (Å²) in [7, 11) is 0. The Labute approximate surface area is 127 Å². The summed E-state index contributed by atoms with van der Waals surface area (Å²) in [6.45, 7) is 4.34. The minimum atomic E-state index is -5.37. The van der Waals surface area contributed by atoms with E-state index >= 15 is 0 Å².